The van der Waals surface area contributed by atoms with E-state index >= 15 is 0 Å². The van der Waals surface area contributed by atoms with Gasteiger partial charge in [0.15, 0.2) is 11.5 Å². The van der Waals surface area contributed by atoms with Crippen LogP contribution < -0.4 is 15.1 Å². The fraction of sp³-hybridized carbons (Fsp3) is 0.217. The topological polar surface area (TPSA) is 75.0 Å². The van der Waals surface area contributed by atoms with Crippen LogP contribution >= 0.6 is 0 Å². The van der Waals surface area contributed by atoms with Gasteiger partial charge in [0.2, 0.25) is 0 Å². The molecule has 0 saturated heterocycles. The molecule has 0 radical (unpaired) electrons. The number of benzene rings is 2. The molecule has 1 aliphatic rings. The van der Waals surface area contributed by atoms with E-state index in [-0.39, 0.29) is 6.61 Å². The van der Waals surface area contributed by atoms with Crippen LogP contribution in [0.3, 0.4) is 0 Å². The van der Waals surface area contributed by atoms with Crippen LogP contribution in [0.25, 0.3) is 17.0 Å². The van der Waals surface area contributed by atoms with Crippen molar-refractivity contribution in [3.05, 3.63) is 75.1 Å². The summed E-state index contributed by atoms with van der Waals surface area (Å²) in [6.07, 6.45) is 2.99. The summed E-state index contributed by atoms with van der Waals surface area (Å²) in [6.45, 7) is 4.94. The van der Waals surface area contributed by atoms with Crippen molar-refractivity contribution in [2.24, 2.45) is 0 Å². The predicted molar refractivity (Wildman–Crippen MR) is 108 cm³/mol. The lowest BCUT2D eigenvalue weighted by Crippen LogP contribution is -2.15. The highest BCUT2D eigenvalue weighted by molar-refractivity contribution is 5.87. The quantitative estimate of drug-likeness (QED) is 0.380. The van der Waals surface area contributed by atoms with E-state index in [2.05, 4.69) is 0 Å². The van der Waals surface area contributed by atoms with Crippen LogP contribution in [0.2, 0.25) is 0 Å². The first-order valence-corrected chi connectivity index (χ1v) is 9.28. The van der Waals surface area contributed by atoms with E-state index in [1.807, 2.05) is 32.0 Å². The van der Waals surface area contributed by atoms with Gasteiger partial charge >= 0.3 is 11.6 Å². The Bertz CT molecular complexity index is 1170. The van der Waals surface area contributed by atoms with Gasteiger partial charge < -0.3 is 18.6 Å². The Balaban J connectivity index is 1.48. The zero-order valence-corrected chi connectivity index (χ0v) is 16.2. The standard InChI is InChI=1S/C23H20O6/c1-14-9-18-17(12-23(25)29-20(18)10-15(14)2)13-28-22(24)6-4-16-3-5-19-21(11-16)27-8-7-26-19/h3-6,9-12H,7-8,13H2,1-2H3/b6-4+. The molecule has 2 heterocycles. The monoisotopic (exact) mass is 392 g/mol. The number of hydrogen-bond acceptors (Lipinski definition) is 6. The van der Waals surface area contributed by atoms with Gasteiger partial charge in [0.25, 0.3) is 0 Å². The SMILES string of the molecule is Cc1cc2oc(=O)cc(COC(=O)/C=C/c3ccc4c(c3)OCCO4)c2cc1C. The van der Waals surface area contributed by atoms with Crippen LogP contribution in [0, 0.1) is 13.8 Å². The summed E-state index contributed by atoms with van der Waals surface area (Å²) in [5, 5.41) is 0.760. The minimum absolute atomic E-state index is 0.0189. The summed E-state index contributed by atoms with van der Waals surface area (Å²) in [4.78, 5) is 24.0. The van der Waals surface area contributed by atoms with Crippen molar-refractivity contribution in [3.63, 3.8) is 0 Å². The molecule has 0 bridgehead atoms. The molecule has 1 aliphatic heterocycles. The average Bonchev–Trinajstić information content (AvgIpc) is 2.71. The first-order chi connectivity index (χ1) is 14.0. The number of carbonyl (C=O) groups is 1. The zero-order chi connectivity index (χ0) is 20.4. The van der Waals surface area contributed by atoms with Crippen LogP contribution in [0.15, 0.2) is 51.7 Å². The van der Waals surface area contributed by atoms with Crippen molar-refractivity contribution >= 4 is 23.0 Å². The maximum atomic E-state index is 12.2. The molecule has 0 unspecified atom stereocenters. The second-order valence-electron chi connectivity index (χ2n) is 6.87. The molecule has 0 aliphatic carbocycles. The Morgan fingerprint density at radius 1 is 1.03 bits per heavy atom. The van der Waals surface area contributed by atoms with Crippen molar-refractivity contribution in [1.29, 1.82) is 0 Å². The fourth-order valence-electron chi connectivity index (χ4n) is 3.13. The lowest BCUT2D eigenvalue weighted by atomic mass is 10.0. The minimum atomic E-state index is -0.509. The third-order valence-corrected chi connectivity index (χ3v) is 4.79. The van der Waals surface area contributed by atoms with Crippen LogP contribution in [0.5, 0.6) is 11.5 Å². The molecule has 0 fully saturated rings. The molecule has 1 aromatic heterocycles. The highest BCUT2D eigenvalue weighted by Crippen LogP contribution is 2.31. The van der Waals surface area contributed by atoms with Crippen molar-refractivity contribution < 1.29 is 23.4 Å². The number of rotatable bonds is 4. The smallest absolute Gasteiger partial charge is 0.336 e. The molecule has 0 amide bonds. The second kappa shape index (κ2) is 7.83. The van der Waals surface area contributed by atoms with E-state index in [4.69, 9.17) is 18.6 Å². The summed E-state index contributed by atoms with van der Waals surface area (Å²) in [6, 6.07) is 10.5. The molecule has 29 heavy (non-hydrogen) atoms. The van der Waals surface area contributed by atoms with Gasteiger partial charge in [-0.2, -0.15) is 0 Å². The molecule has 6 heteroatoms. The maximum Gasteiger partial charge on any atom is 0.336 e. The largest absolute Gasteiger partial charge is 0.486 e. The first kappa shape index (κ1) is 18.8. The average molecular weight is 392 g/mol. The van der Waals surface area contributed by atoms with Crippen molar-refractivity contribution in [3.8, 4) is 11.5 Å². The van der Waals surface area contributed by atoms with E-state index in [9.17, 15) is 9.59 Å². The Morgan fingerprint density at radius 3 is 2.62 bits per heavy atom. The molecule has 6 nitrogen and oxygen atoms in total. The number of fused-ring (bicyclic) bond motifs is 2. The molecule has 0 N–H and O–H groups in total. The summed E-state index contributed by atoms with van der Waals surface area (Å²) < 4.78 is 21.6. The second-order valence-corrected chi connectivity index (χ2v) is 6.87. The van der Waals surface area contributed by atoms with Gasteiger partial charge in [-0.15, -0.1) is 0 Å². The molecule has 0 atom stereocenters. The normalized spacial score (nSPS) is 13.0. The van der Waals surface area contributed by atoms with Gasteiger partial charge in [-0.3, -0.25) is 0 Å². The maximum absolute atomic E-state index is 12.2. The van der Waals surface area contributed by atoms with Crippen LogP contribution in [-0.4, -0.2) is 19.2 Å². The number of esters is 1. The molecule has 0 spiro atoms. The number of hydrogen-bond donors (Lipinski definition) is 0. The number of ether oxygens (including phenoxy) is 3. The van der Waals surface area contributed by atoms with Crippen molar-refractivity contribution in [2.45, 2.75) is 20.5 Å². The van der Waals surface area contributed by atoms with Crippen molar-refractivity contribution in [2.75, 3.05) is 13.2 Å². The Kier molecular flexibility index (Phi) is 5.08. The summed E-state index contributed by atoms with van der Waals surface area (Å²) in [7, 11) is 0. The zero-order valence-electron chi connectivity index (χ0n) is 16.2. The van der Waals surface area contributed by atoms with E-state index in [1.54, 1.807) is 18.2 Å². The lowest BCUT2D eigenvalue weighted by Gasteiger charge is -2.18. The summed E-state index contributed by atoms with van der Waals surface area (Å²) in [5.41, 5.74) is 3.51. The van der Waals surface area contributed by atoms with Gasteiger partial charge in [0, 0.05) is 23.1 Å². The Labute approximate surface area is 167 Å². The molecule has 0 saturated carbocycles. The van der Waals surface area contributed by atoms with Gasteiger partial charge in [-0.05, 0) is 60.9 Å². The highest BCUT2D eigenvalue weighted by atomic mass is 16.6. The summed E-state index contributed by atoms with van der Waals surface area (Å²) >= 11 is 0. The van der Waals surface area contributed by atoms with Crippen LogP contribution in [-0.2, 0) is 16.1 Å². The molecule has 3 aromatic rings. The molecular formula is C23H20O6. The van der Waals surface area contributed by atoms with Crippen molar-refractivity contribution in [1.82, 2.24) is 0 Å². The van der Waals surface area contributed by atoms with Crippen LogP contribution in [0.4, 0.5) is 0 Å². The molecular weight excluding hydrogens is 372 g/mol. The van der Waals surface area contributed by atoms with Gasteiger partial charge in [-0.25, -0.2) is 9.59 Å². The number of carbonyl (C=O) groups excluding carboxylic acids is 1. The summed E-state index contributed by atoms with van der Waals surface area (Å²) in [5.74, 6) is 0.835. The highest BCUT2D eigenvalue weighted by Gasteiger charge is 2.12. The Hall–Kier alpha value is -3.54. The molecule has 148 valence electrons. The lowest BCUT2D eigenvalue weighted by molar-refractivity contribution is -0.138. The third-order valence-electron chi connectivity index (χ3n) is 4.79. The van der Waals surface area contributed by atoms with Crippen LogP contribution in [0.1, 0.15) is 22.3 Å². The van der Waals surface area contributed by atoms with E-state index in [0.29, 0.717) is 35.9 Å². The van der Waals surface area contributed by atoms with E-state index < -0.39 is 11.6 Å². The molecule has 4 rings (SSSR count). The van der Waals surface area contributed by atoms with Gasteiger partial charge in [0.1, 0.15) is 25.4 Å². The first-order valence-electron chi connectivity index (χ1n) is 9.28. The van der Waals surface area contributed by atoms with Gasteiger partial charge in [0.05, 0.1) is 0 Å². The molecule has 2 aromatic carbocycles. The minimum Gasteiger partial charge on any atom is -0.486 e. The number of aryl methyl sites for hydroxylation is 2. The van der Waals surface area contributed by atoms with Gasteiger partial charge in [-0.1, -0.05) is 6.07 Å². The predicted octanol–water partition coefficient (Wildman–Crippen LogP) is 3.94. The third kappa shape index (κ3) is 4.16. The van der Waals surface area contributed by atoms with E-state index in [0.717, 1.165) is 22.1 Å². The fourth-order valence-corrected chi connectivity index (χ4v) is 3.13. The van der Waals surface area contributed by atoms with E-state index in [1.165, 1.54) is 12.1 Å². The Morgan fingerprint density at radius 2 is 1.79 bits per heavy atom.